The molecule has 10 nitrogen and oxygen atoms in total. The molecule has 0 bridgehead atoms. The number of imidazole rings is 1. The molecule has 1 aromatic carbocycles. The first kappa shape index (κ1) is 24.8. The van der Waals surface area contributed by atoms with Gasteiger partial charge in [0.05, 0.1) is 65.7 Å². The Balaban J connectivity index is 1.13. The first-order valence-electron chi connectivity index (χ1n) is 12.5. The van der Waals surface area contributed by atoms with Crippen LogP contribution < -0.4 is 0 Å². The van der Waals surface area contributed by atoms with E-state index in [1.54, 1.807) is 17.3 Å². The fraction of sp³-hybridized carbons (Fsp3) is 0.385. The number of hydrogen-bond acceptors (Lipinski definition) is 7. The number of fused-ring (bicyclic) bond motifs is 1. The highest BCUT2D eigenvalue weighted by atomic mass is 19.4. The normalized spacial score (nSPS) is 21.4. The van der Waals surface area contributed by atoms with Gasteiger partial charge in [0.25, 0.3) is 0 Å². The monoisotopic (exact) mass is 536 g/mol. The molecule has 200 valence electrons. The van der Waals surface area contributed by atoms with Crippen molar-refractivity contribution in [3.05, 3.63) is 66.0 Å². The first-order valence-corrected chi connectivity index (χ1v) is 12.5. The highest BCUT2D eigenvalue weighted by Gasteiger charge is 2.48. The lowest BCUT2D eigenvalue weighted by Crippen LogP contribution is -2.40. The Bertz CT molecular complexity index is 1590. The van der Waals surface area contributed by atoms with E-state index in [2.05, 4.69) is 30.9 Å². The minimum atomic E-state index is -4.53. The molecule has 2 fully saturated rings. The van der Waals surface area contributed by atoms with Gasteiger partial charge < -0.3 is 9.30 Å². The van der Waals surface area contributed by atoms with Crippen LogP contribution in [0.5, 0.6) is 0 Å². The van der Waals surface area contributed by atoms with Crippen LogP contribution in [0.3, 0.4) is 0 Å². The Hall–Kier alpha value is -4.47. The fourth-order valence-electron chi connectivity index (χ4n) is 5.60. The van der Waals surface area contributed by atoms with Gasteiger partial charge in [0.15, 0.2) is 0 Å². The molecule has 4 aromatic rings. The van der Waals surface area contributed by atoms with E-state index in [9.17, 15) is 23.2 Å². The summed E-state index contributed by atoms with van der Waals surface area (Å²) in [6.45, 7) is 1.22. The number of benzene rings is 1. The molecule has 1 aliphatic carbocycles. The first-order chi connectivity index (χ1) is 18.7. The maximum atomic E-state index is 13.0. The number of carbonyl (C=O) groups is 1. The summed E-state index contributed by atoms with van der Waals surface area (Å²) < 4.78 is 48.3. The number of halogens is 3. The second-order valence-electron chi connectivity index (χ2n) is 10.2. The topological polar surface area (TPSA) is 115 Å². The van der Waals surface area contributed by atoms with Crippen LogP contribution in [0, 0.1) is 17.2 Å². The third kappa shape index (κ3) is 4.89. The number of ether oxygens (including phenoxy) is 1. The standard InChI is InChI=1S/C26H23F3N8O2/c27-26(28,29)19-7-21(11-31-10-19)37-14-20(33-34-37)13-35-15-25(39-24(35)38)5-1-2-18(8-25)12-36-16-32-22-4-3-17(9-30)6-23(22)36/h3-4,6-7,10-11,14,16,18H,1-2,5,8,12-13,15H2. The molecule has 6 rings (SSSR count). The van der Waals surface area contributed by atoms with Gasteiger partial charge in [0.1, 0.15) is 11.3 Å². The van der Waals surface area contributed by atoms with Crippen LogP contribution in [-0.4, -0.2) is 52.7 Å². The molecule has 1 amide bonds. The Morgan fingerprint density at radius 2 is 2.10 bits per heavy atom. The molecule has 1 spiro atoms. The Labute approximate surface area is 220 Å². The predicted molar refractivity (Wildman–Crippen MR) is 130 cm³/mol. The van der Waals surface area contributed by atoms with Crippen LogP contribution in [0.15, 0.2) is 49.2 Å². The second-order valence-corrected chi connectivity index (χ2v) is 10.2. The van der Waals surface area contributed by atoms with E-state index < -0.39 is 23.4 Å². The maximum Gasteiger partial charge on any atom is 0.417 e. The highest BCUT2D eigenvalue weighted by molar-refractivity contribution is 5.77. The summed E-state index contributed by atoms with van der Waals surface area (Å²) in [5, 5.41) is 17.2. The zero-order valence-corrected chi connectivity index (χ0v) is 20.7. The van der Waals surface area contributed by atoms with Crippen molar-refractivity contribution in [3.8, 4) is 11.8 Å². The fourth-order valence-corrected chi connectivity index (χ4v) is 5.60. The van der Waals surface area contributed by atoms with E-state index in [0.717, 1.165) is 42.6 Å². The summed E-state index contributed by atoms with van der Waals surface area (Å²) in [6, 6.07) is 8.52. The van der Waals surface area contributed by atoms with E-state index in [1.807, 2.05) is 12.1 Å². The van der Waals surface area contributed by atoms with Crippen molar-refractivity contribution in [2.24, 2.45) is 5.92 Å². The summed E-state index contributed by atoms with van der Waals surface area (Å²) in [6.07, 6.45) is 3.63. The summed E-state index contributed by atoms with van der Waals surface area (Å²) in [5.41, 5.74) is 1.34. The number of hydrogen-bond donors (Lipinski definition) is 0. The summed E-state index contributed by atoms with van der Waals surface area (Å²) >= 11 is 0. The van der Waals surface area contributed by atoms with Crippen molar-refractivity contribution in [1.82, 2.24) is 34.4 Å². The number of alkyl halides is 3. The summed E-state index contributed by atoms with van der Waals surface area (Å²) in [7, 11) is 0. The van der Waals surface area contributed by atoms with Gasteiger partial charge in [0.2, 0.25) is 0 Å². The molecule has 4 heterocycles. The number of nitriles is 1. The Morgan fingerprint density at radius 1 is 1.23 bits per heavy atom. The number of nitrogens with zero attached hydrogens (tertiary/aromatic N) is 8. The van der Waals surface area contributed by atoms with Crippen molar-refractivity contribution in [3.63, 3.8) is 0 Å². The average molecular weight is 537 g/mol. The van der Waals surface area contributed by atoms with Crippen LogP contribution in [0.25, 0.3) is 16.7 Å². The molecule has 2 atom stereocenters. The number of carbonyl (C=O) groups excluding carboxylic acids is 1. The van der Waals surface area contributed by atoms with Crippen molar-refractivity contribution in [2.75, 3.05) is 6.54 Å². The van der Waals surface area contributed by atoms with Crippen LogP contribution in [-0.2, 0) is 24.0 Å². The average Bonchev–Trinajstić information content (AvgIpc) is 3.62. The lowest BCUT2D eigenvalue weighted by molar-refractivity contribution is -0.137. The van der Waals surface area contributed by atoms with Crippen LogP contribution in [0.4, 0.5) is 18.0 Å². The molecular formula is C26H23F3N8O2. The van der Waals surface area contributed by atoms with E-state index in [4.69, 9.17) is 4.74 Å². The third-order valence-corrected chi connectivity index (χ3v) is 7.36. The quantitative estimate of drug-likeness (QED) is 0.369. The molecular weight excluding hydrogens is 513 g/mol. The van der Waals surface area contributed by atoms with Crippen molar-refractivity contribution >= 4 is 17.1 Å². The molecule has 2 unspecified atom stereocenters. The second kappa shape index (κ2) is 9.37. The highest BCUT2D eigenvalue weighted by Crippen LogP contribution is 2.41. The smallest absolute Gasteiger partial charge is 0.417 e. The van der Waals surface area contributed by atoms with Crippen LogP contribution in [0.2, 0.25) is 0 Å². The van der Waals surface area contributed by atoms with E-state index >= 15 is 0 Å². The number of aromatic nitrogens is 6. The molecule has 2 aliphatic rings. The van der Waals surface area contributed by atoms with Gasteiger partial charge >= 0.3 is 12.3 Å². The molecule has 0 N–H and O–H groups in total. The predicted octanol–water partition coefficient (Wildman–Crippen LogP) is 4.48. The largest absolute Gasteiger partial charge is 0.441 e. The van der Waals surface area contributed by atoms with Gasteiger partial charge in [-0.25, -0.2) is 14.5 Å². The lowest BCUT2D eigenvalue weighted by atomic mass is 9.78. The zero-order valence-electron chi connectivity index (χ0n) is 20.7. The van der Waals surface area contributed by atoms with Crippen LogP contribution in [0.1, 0.15) is 42.5 Å². The minimum Gasteiger partial charge on any atom is -0.441 e. The SMILES string of the molecule is N#Cc1ccc2ncn(CC3CCCC4(C3)CN(Cc3cn(-c5cncc(C(F)(F)F)c5)nn3)C(=O)O4)c2c1. The van der Waals surface area contributed by atoms with Crippen molar-refractivity contribution < 1.29 is 22.7 Å². The number of rotatable bonds is 5. The van der Waals surface area contributed by atoms with Gasteiger partial charge in [-0.2, -0.15) is 18.4 Å². The van der Waals surface area contributed by atoms with Crippen LogP contribution >= 0.6 is 0 Å². The molecule has 39 heavy (non-hydrogen) atoms. The van der Waals surface area contributed by atoms with E-state index in [-0.39, 0.29) is 18.2 Å². The number of amides is 1. The van der Waals surface area contributed by atoms with Gasteiger partial charge in [0, 0.05) is 12.7 Å². The molecule has 1 saturated heterocycles. The molecule has 1 aliphatic heterocycles. The number of pyridine rings is 1. The third-order valence-electron chi connectivity index (χ3n) is 7.36. The van der Waals surface area contributed by atoms with E-state index in [0.29, 0.717) is 30.8 Å². The zero-order chi connectivity index (χ0) is 27.2. The Kier molecular flexibility index (Phi) is 5.97. The van der Waals surface area contributed by atoms with Gasteiger partial charge in [-0.3, -0.25) is 9.88 Å². The summed E-state index contributed by atoms with van der Waals surface area (Å²) in [5.74, 6) is 0.254. The van der Waals surface area contributed by atoms with Crippen molar-refractivity contribution in [2.45, 2.75) is 50.6 Å². The maximum absolute atomic E-state index is 13.0. The molecule has 13 heteroatoms. The lowest BCUT2D eigenvalue weighted by Gasteiger charge is -2.36. The minimum absolute atomic E-state index is 0.119. The summed E-state index contributed by atoms with van der Waals surface area (Å²) in [4.78, 5) is 22.5. The molecule has 3 aromatic heterocycles. The molecule has 0 radical (unpaired) electrons. The van der Waals surface area contributed by atoms with Gasteiger partial charge in [-0.1, -0.05) is 5.21 Å². The van der Waals surface area contributed by atoms with Crippen molar-refractivity contribution in [1.29, 1.82) is 5.26 Å². The molecule has 1 saturated carbocycles. The van der Waals surface area contributed by atoms with Gasteiger partial charge in [-0.05, 0) is 55.9 Å². The Morgan fingerprint density at radius 3 is 2.92 bits per heavy atom. The van der Waals surface area contributed by atoms with E-state index in [1.165, 1.54) is 17.1 Å². The van der Waals surface area contributed by atoms with Gasteiger partial charge in [-0.15, -0.1) is 5.10 Å².